The van der Waals surface area contributed by atoms with Crippen LogP contribution >= 0.6 is 11.3 Å². The highest BCUT2D eigenvalue weighted by Gasteiger charge is 2.28. The van der Waals surface area contributed by atoms with Crippen LogP contribution in [0.2, 0.25) is 0 Å². The third-order valence-electron chi connectivity index (χ3n) is 4.66. The summed E-state index contributed by atoms with van der Waals surface area (Å²) >= 11 is 1.58. The number of thiazole rings is 1. The molecule has 1 atom stereocenters. The van der Waals surface area contributed by atoms with Crippen molar-refractivity contribution in [3.63, 3.8) is 0 Å². The van der Waals surface area contributed by atoms with Crippen molar-refractivity contribution in [2.45, 2.75) is 23.8 Å². The van der Waals surface area contributed by atoms with Crippen molar-refractivity contribution < 1.29 is 13.2 Å². The molecule has 4 rings (SSSR count). The number of anilines is 1. The van der Waals surface area contributed by atoms with Crippen LogP contribution in [-0.2, 0) is 10.0 Å². The largest absolute Gasteiger partial charge is 0.457 e. The Kier molecular flexibility index (Phi) is 5.61. The van der Waals surface area contributed by atoms with Crippen molar-refractivity contribution in [1.82, 2.24) is 9.71 Å². The van der Waals surface area contributed by atoms with E-state index >= 15 is 0 Å². The second kappa shape index (κ2) is 8.30. The van der Waals surface area contributed by atoms with E-state index in [2.05, 4.69) is 14.6 Å². The van der Waals surface area contributed by atoms with Crippen molar-refractivity contribution in [1.29, 1.82) is 0 Å². The maximum absolute atomic E-state index is 12.7. The average Bonchev–Trinajstić information content (AvgIpc) is 3.39. The first-order valence-corrected chi connectivity index (χ1v) is 11.5. The minimum absolute atomic E-state index is 0.126. The highest BCUT2D eigenvalue weighted by Crippen LogP contribution is 2.27. The molecule has 0 aliphatic carbocycles. The van der Waals surface area contributed by atoms with Crippen LogP contribution in [0.15, 0.2) is 71.1 Å². The van der Waals surface area contributed by atoms with Gasteiger partial charge in [0, 0.05) is 30.7 Å². The van der Waals surface area contributed by atoms with Crippen LogP contribution < -0.4 is 14.4 Å². The molecule has 1 aliphatic heterocycles. The summed E-state index contributed by atoms with van der Waals surface area (Å²) in [4.78, 5) is 6.76. The number of rotatable bonds is 7. The van der Waals surface area contributed by atoms with Crippen molar-refractivity contribution in [2.75, 3.05) is 18.0 Å². The summed E-state index contributed by atoms with van der Waals surface area (Å²) in [7, 11) is -3.58. The highest BCUT2D eigenvalue weighted by atomic mass is 32.2. The molecule has 1 aliphatic rings. The lowest BCUT2D eigenvalue weighted by atomic mass is 10.2. The van der Waals surface area contributed by atoms with Crippen LogP contribution in [0, 0.1) is 0 Å². The summed E-state index contributed by atoms with van der Waals surface area (Å²) in [6, 6.07) is 16.0. The number of para-hydroxylation sites is 1. The molecular weight excluding hydrogens is 394 g/mol. The Balaban J connectivity index is 1.39. The molecule has 0 saturated carbocycles. The summed E-state index contributed by atoms with van der Waals surface area (Å²) in [5.74, 6) is 1.30. The first kappa shape index (κ1) is 18.9. The van der Waals surface area contributed by atoms with Crippen molar-refractivity contribution >= 4 is 26.5 Å². The predicted molar refractivity (Wildman–Crippen MR) is 111 cm³/mol. The SMILES string of the molecule is O=S(=O)(NCC1CCCN1c1nccs1)c1ccc(Oc2ccccc2)cc1. The zero-order chi connectivity index (χ0) is 19.4. The Hall–Kier alpha value is -2.42. The van der Waals surface area contributed by atoms with Gasteiger partial charge in [-0.15, -0.1) is 11.3 Å². The van der Waals surface area contributed by atoms with E-state index in [4.69, 9.17) is 4.74 Å². The summed E-state index contributed by atoms with van der Waals surface area (Å²) in [6.45, 7) is 1.27. The number of hydrogen-bond donors (Lipinski definition) is 1. The van der Waals surface area contributed by atoms with Crippen LogP contribution in [0.5, 0.6) is 11.5 Å². The highest BCUT2D eigenvalue weighted by molar-refractivity contribution is 7.89. The maximum Gasteiger partial charge on any atom is 0.240 e. The summed E-state index contributed by atoms with van der Waals surface area (Å²) in [5.41, 5.74) is 0. The van der Waals surface area contributed by atoms with E-state index in [0.717, 1.165) is 24.5 Å². The topological polar surface area (TPSA) is 71.5 Å². The molecule has 0 bridgehead atoms. The van der Waals surface area contributed by atoms with E-state index in [-0.39, 0.29) is 10.9 Å². The molecule has 0 radical (unpaired) electrons. The van der Waals surface area contributed by atoms with Gasteiger partial charge in [-0.25, -0.2) is 18.1 Å². The average molecular weight is 416 g/mol. The van der Waals surface area contributed by atoms with Gasteiger partial charge in [-0.05, 0) is 49.2 Å². The molecular formula is C20H21N3O3S2. The Labute approximate surface area is 168 Å². The van der Waals surface area contributed by atoms with Crippen molar-refractivity contribution in [3.05, 3.63) is 66.2 Å². The molecule has 6 nitrogen and oxygen atoms in total. The molecule has 146 valence electrons. The van der Waals surface area contributed by atoms with Crippen LogP contribution in [0.25, 0.3) is 0 Å². The van der Waals surface area contributed by atoms with E-state index in [1.807, 2.05) is 35.7 Å². The number of nitrogens with one attached hydrogen (secondary N) is 1. The molecule has 1 N–H and O–H groups in total. The molecule has 1 unspecified atom stereocenters. The number of aromatic nitrogens is 1. The summed E-state index contributed by atoms with van der Waals surface area (Å²) < 4.78 is 33.8. The van der Waals surface area contributed by atoms with Crippen LogP contribution in [0.3, 0.4) is 0 Å². The molecule has 2 aromatic carbocycles. The molecule has 28 heavy (non-hydrogen) atoms. The number of nitrogens with zero attached hydrogens (tertiary/aromatic N) is 2. The quantitative estimate of drug-likeness (QED) is 0.634. The minimum atomic E-state index is -3.58. The van der Waals surface area contributed by atoms with Gasteiger partial charge in [0.2, 0.25) is 10.0 Å². The Morgan fingerprint density at radius 2 is 1.86 bits per heavy atom. The van der Waals surface area contributed by atoms with Gasteiger partial charge in [-0.3, -0.25) is 0 Å². The molecule has 0 amide bonds. The number of sulfonamides is 1. The molecule has 3 aromatic rings. The standard InChI is InChI=1S/C20H21N3O3S2/c24-28(25,22-15-16-5-4-13-23(16)20-21-12-14-27-20)19-10-8-18(9-11-19)26-17-6-2-1-3-7-17/h1-3,6-12,14,16,22H,4-5,13,15H2. The molecule has 1 saturated heterocycles. The van der Waals surface area contributed by atoms with Crippen molar-refractivity contribution in [2.24, 2.45) is 0 Å². The smallest absolute Gasteiger partial charge is 0.240 e. The van der Waals surface area contributed by atoms with E-state index in [1.165, 1.54) is 0 Å². The first-order valence-electron chi connectivity index (χ1n) is 9.10. The fraction of sp³-hybridized carbons (Fsp3) is 0.250. The number of hydrogen-bond acceptors (Lipinski definition) is 6. The van der Waals surface area contributed by atoms with Crippen molar-refractivity contribution in [3.8, 4) is 11.5 Å². The lowest BCUT2D eigenvalue weighted by molar-refractivity contribution is 0.482. The van der Waals surface area contributed by atoms with E-state index < -0.39 is 10.0 Å². The van der Waals surface area contributed by atoms with Gasteiger partial charge in [0.25, 0.3) is 0 Å². The molecule has 0 spiro atoms. The van der Waals surface area contributed by atoms with E-state index in [0.29, 0.717) is 18.0 Å². The van der Waals surface area contributed by atoms with Gasteiger partial charge >= 0.3 is 0 Å². The van der Waals surface area contributed by atoms with Gasteiger partial charge in [-0.2, -0.15) is 0 Å². The zero-order valence-corrected chi connectivity index (χ0v) is 16.8. The third kappa shape index (κ3) is 4.35. The maximum atomic E-state index is 12.7. The monoisotopic (exact) mass is 415 g/mol. The molecule has 1 fully saturated rings. The second-order valence-corrected chi connectivity index (χ2v) is 9.18. The molecule has 8 heteroatoms. The van der Waals surface area contributed by atoms with Crippen LogP contribution in [-0.4, -0.2) is 32.5 Å². The van der Waals surface area contributed by atoms with E-state index in [1.54, 1.807) is 41.8 Å². The van der Waals surface area contributed by atoms with Gasteiger partial charge < -0.3 is 9.64 Å². The predicted octanol–water partition coefficient (Wildman–Crippen LogP) is 3.88. The normalized spacial score (nSPS) is 17.0. The summed E-state index contributed by atoms with van der Waals surface area (Å²) in [6.07, 6.45) is 3.77. The first-order chi connectivity index (χ1) is 13.6. The Morgan fingerprint density at radius 1 is 1.11 bits per heavy atom. The molecule has 1 aromatic heterocycles. The fourth-order valence-electron chi connectivity index (χ4n) is 3.26. The zero-order valence-electron chi connectivity index (χ0n) is 15.2. The second-order valence-electron chi connectivity index (χ2n) is 6.54. The van der Waals surface area contributed by atoms with Gasteiger partial charge in [-0.1, -0.05) is 18.2 Å². The minimum Gasteiger partial charge on any atom is -0.457 e. The van der Waals surface area contributed by atoms with Gasteiger partial charge in [0.05, 0.1) is 4.90 Å². The van der Waals surface area contributed by atoms with E-state index in [9.17, 15) is 8.42 Å². The van der Waals surface area contributed by atoms with Gasteiger partial charge in [0.1, 0.15) is 11.5 Å². The fourth-order valence-corrected chi connectivity index (χ4v) is 5.07. The third-order valence-corrected chi connectivity index (χ3v) is 6.91. The van der Waals surface area contributed by atoms with Crippen LogP contribution in [0.1, 0.15) is 12.8 Å². The van der Waals surface area contributed by atoms with Crippen LogP contribution in [0.4, 0.5) is 5.13 Å². The Morgan fingerprint density at radius 3 is 2.57 bits per heavy atom. The lowest BCUT2D eigenvalue weighted by Crippen LogP contribution is -2.40. The number of benzene rings is 2. The molecule has 2 heterocycles. The number of ether oxygens (including phenoxy) is 1. The van der Waals surface area contributed by atoms with Gasteiger partial charge in [0.15, 0.2) is 5.13 Å². The Bertz CT molecular complexity index is 991. The summed E-state index contributed by atoms with van der Waals surface area (Å²) in [5, 5.41) is 2.89. The lowest BCUT2D eigenvalue weighted by Gasteiger charge is -2.24.